The monoisotopic (exact) mass is 466 g/mol. The quantitative estimate of drug-likeness (QED) is 0.209. The zero-order valence-electron chi connectivity index (χ0n) is 19.2. The third-order valence-corrected chi connectivity index (χ3v) is 5.26. The number of aliphatic hydroxyl groups excluding tert-OH is 1. The van der Waals surface area contributed by atoms with Crippen LogP contribution in [0, 0.1) is 5.92 Å². The summed E-state index contributed by atoms with van der Waals surface area (Å²) in [6.07, 6.45) is -0.844. The van der Waals surface area contributed by atoms with Gasteiger partial charge in [0.1, 0.15) is 23.9 Å². The van der Waals surface area contributed by atoms with E-state index in [0.717, 1.165) is 0 Å². The molecule has 0 spiro atoms. The molecule has 11 nitrogen and oxygen atoms in total. The Morgan fingerprint density at radius 1 is 0.909 bits per heavy atom. The predicted octanol–water partition coefficient (Wildman–Crippen LogP) is -0.752. The van der Waals surface area contributed by atoms with Gasteiger partial charge in [-0.2, -0.15) is 0 Å². The van der Waals surface area contributed by atoms with Crippen molar-refractivity contribution < 1.29 is 34.5 Å². The number of carbonyl (C=O) groups is 4. The molecule has 11 heteroatoms. The molecule has 3 amide bonds. The smallest absolute Gasteiger partial charge is 0.326 e. The Hall–Kier alpha value is -3.18. The molecule has 0 aliphatic carbocycles. The molecule has 0 aliphatic rings. The van der Waals surface area contributed by atoms with Gasteiger partial charge in [-0.25, -0.2) is 4.79 Å². The molecule has 0 aliphatic heterocycles. The molecule has 33 heavy (non-hydrogen) atoms. The molecule has 1 aromatic carbocycles. The number of nitrogens with one attached hydrogen (secondary N) is 3. The molecule has 0 radical (unpaired) electrons. The van der Waals surface area contributed by atoms with Crippen LogP contribution in [0.25, 0.3) is 0 Å². The highest BCUT2D eigenvalue weighted by Gasteiger charge is 2.33. The molecule has 0 heterocycles. The highest BCUT2D eigenvalue weighted by Crippen LogP contribution is 2.12. The fraction of sp³-hybridized carbons (Fsp3) is 0.545. The van der Waals surface area contributed by atoms with Crippen LogP contribution in [0.5, 0.6) is 5.75 Å². The van der Waals surface area contributed by atoms with Gasteiger partial charge in [0.15, 0.2) is 0 Å². The van der Waals surface area contributed by atoms with Gasteiger partial charge in [-0.1, -0.05) is 32.4 Å². The van der Waals surface area contributed by atoms with E-state index >= 15 is 0 Å². The minimum absolute atomic E-state index is 0.0172. The number of rotatable bonds is 12. The Kier molecular flexibility index (Phi) is 10.8. The number of phenols is 1. The molecular formula is C22H34N4O7. The largest absolute Gasteiger partial charge is 0.508 e. The summed E-state index contributed by atoms with van der Waals surface area (Å²) in [6.45, 7) is 6.15. The van der Waals surface area contributed by atoms with Gasteiger partial charge in [0.2, 0.25) is 17.7 Å². The average Bonchev–Trinajstić information content (AvgIpc) is 2.75. The summed E-state index contributed by atoms with van der Waals surface area (Å²) in [5, 5.41) is 36.2. The Balaban J connectivity index is 3.07. The first-order valence-electron chi connectivity index (χ1n) is 10.7. The lowest BCUT2D eigenvalue weighted by Gasteiger charge is -2.27. The number of aromatic hydroxyl groups is 1. The number of hydrogen-bond acceptors (Lipinski definition) is 7. The van der Waals surface area contributed by atoms with Crippen molar-refractivity contribution in [2.75, 3.05) is 0 Å². The number of aliphatic hydroxyl groups is 1. The summed E-state index contributed by atoms with van der Waals surface area (Å²) in [6, 6.07) is 1.26. The lowest BCUT2D eigenvalue weighted by molar-refractivity contribution is -0.144. The maximum absolute atomic E-state index is 13.0. The van der Waals surface area contributed by atoms with Gasteiger partial charge >= 0.3 is 5.97 Å². The summed E-state index contributed by atoms with van der Waals surface area (Å²) >= 11 is 0. The van der Waals surface area contributed by atoms with Crippen LogP contribution < -0.4 is 21.7 Å². The number of carboxylic acid groups (broad SMARTS) is 1. The van der Waals surface area contributed by atoms with Gasteiger partial charge in [-0.15, -0.1) is 0 Å². The Morgan fingerprint density at radius 3 is 1.91 bits per heavy atom. The van der Waals surface area contributed by atoms with Gasteiger partial charge in [0.25, 0.3) is 0 Å². The summed E-state index contributed by atoms with van der Waals surface area (Å²) in [5.74, 6) is -3.83. The van der Waals surface area contributed by atoms with E-state index in [1.807, 2.05) is 0 Å². The highest BCUT2D eigenvalue weighted by molar-refractivity contribution is 5.94. The molecule has 8 N–H and O–H groups in total. The van der Waals surface area contributed by atoms with Crippen molar-refractivity contribution in [3.63, 3.8) is 0 Å². The van der Waals surface area contributed by atoms with Gasteiger partial charge in [0, 0.05) is 6.42 Å². The van der Waals surface area contributed by atoms with Crippen molar-refractivity contribution >= 4 is 23.7 Å². The number of carboxylic acids is 1. The number of aliphatic carboxylic acids is 1. The lowest BCUT2D eigenvalue weighted by Crippen LogP contribution is -2.60. The van der Waals surface area contributed by atoms with Crippen molar-refractivity contribution in [1.82, 2.24) is 16.0 Å². The number of carbonyl (C=O) groups excluding carboxylic acids is 3. The van der Waals surface area contributed by atoms with E-state index in [2.05, 4.69) is 16.0 Å². The van der Waals surface area contributed by atoms with E-state index in [1.165, 1.54) is 26.0 Å². The van der Waals surface area contributed by atoms with Crippen LogP contribution in [0.1, 0.15) is 39.7 Å². The topological polar surface area (TPSA) is 191 Å². The maximum Gasteiger partial charge on any atom is 0.326 e. The van der Waals surface area contributed by atoms with E-state index in [1.54, 1.807) is 26.0 Å². The lowest BCUT2D eigenvalue weighted by atomic mass is 9.98. The first kappa shape index (κ1) is 27.9. The molecule has 184 valence electrons. The summed E-state index contributed by atoms with van der Waals surface area (Å²) in [4.78, 5) is 49.4. The first-order chi connectivity index (χ1) is 15.4. The molecule has 1 aromatic rings. The minimum atomic E-state index is -1.46. The predicted molar refractivity (Wildman–Crippen MR) is 120 cm³/mol. The first-order valence-corrected chi connectivity index (χ1v) is 10.7. The van der Waals surface area contributed by atoms with Gasteiger partial charge in [-0.05, 0) is 37.5 Å². The van der Waals surface area contributed by atoms with Crippen molar-refractivity contribution in [2.24, 2.45) is 11.7 Å². The zero-order chi connectivity index (χ0) is 25.3. The van der Waals surface area contributed by atoms with Crippen LogP contribution in [-0.2, 0) is 25.6 Å². The fourth-order valence-electron chi connectivity index (χ4n) is 2.97. The van der Waals surface area contributed by atoms with E-state index in [0.29, 0.717) is 12.0 Å². The standard InChI is InChI=1S/C22H34N4O7/c1-5-11(2)17(22(32)33)25-21(31)18(13(4)27)26-20(30)16(24-19(29)12(3)23)10-14-6-8-15(28)9-7-14/h6-9,11-13,16-18,27-28H,5,10,23H2,1-4H3,(H,24,29)(H,25,31)(H,26,30)(H,32,33). The molecule has 1 rings (SSSR count). The van der Waals surface area contributed by atoms with Crippen LogP contribution >= 0.6 is 0 Å². The molecule has 0 saturated carbocycles. The third-order valence-electron chi connectivity index (χ3n) is 5.26. The van der Waals surface area contributed by atoms with Crippen molar-refractivity contribution in [2.45, 2.75) is 70.8 Å². The Labute approximate surface area is 192 Å². The highest BCUT2D eigenvalue weighted by atomic mass is 16.4. The number of nitrogens with two attached hydrogens (primary N) is 1. The van der Waals surface area contributed by atoms with Crippen LogP contribution in [0.15, 0.2) is 24.3 Å². The molecule has 0 aromatic heterocycles. The normalized spacial score (nSPS) is 16.4. The van der Waals surface area contributed by atoms with Crippen LogP contribution in [0.4, 0.5) is 0 Å². The van der Waals surface area contributed by atoms with Crippen molar-refractivity contribution in [1.29, 1.82) is 0 Å². The second-order valence-electron chi connectivity index (χ2n) is 8.16. The van der Waals surface area contributed by atoms with Gasteiger partial charge in [0.05, 0.1) is 12.1 Å². The zero-order valence-corrected chi connectivity index (χ0v) is 19.2. The number of amides is 3. The Morgan fingerprint density at radius 2 is 1.45 bits per heavy atom. The summed E-state index contributed by atoms with van der Waals surface area (Å²) in [7, 11) is 0. The van der Waals surface area contributed by atoms with E-state index in [-0.39, 0.29) is 18.1 Å². The average molecular weight is 467 g/mol. The maximum atomic E-state index is 13.0. The molecular weight excluding hydrogens is 432 g/mol. The van der Waals surface area contributed by atoms with Crippen molar-refractivity contribution in [3.8, 4) is 5.75 Å². The fourth-order valence-corrected chi connectivity index (χ4v) is 2.97. The van der Waals surface area contributed by atoms with Crippen molar-refractivity contribution in [3.05, 3.63) is 29.8 Å². The molecule has 0 fully saturated rings. The molecule has 0 bridgehead atoms. The SMILES string of the molecule is CCC(C)C(NC(=O)C(NC(=O)C(Cc1ccc(O)cc1)NC(=O)C(C)N)C(C)O)C(=O)O. The summed E-state index contributed by atoms with van der Waals surface area (Å²) < 4.78 is 0. The Bertz CT molecular complexity index is 827. The van der Waals surface area contributed by atoms with Crippen LogP contribution in [0.3, 0.4) is 0 Å². The number of phenolic OH excluding ortho intramolecular Hbond substituents is 1. The van der Waals surface area contributed by atoms with Gasteiger partial charge < -0.3 is 37.0 Å². The second-order valence-corrected chi connectivity index (χ2v) is 8.16. The molecule has 6 unspecified atom stereocenters. The van der Waals surface area contributed by atoms with Gasteiger partial charge in [-0.3, -0.25) is 14.4 Å². The summed E-state index contributed by atoms with van der Waals surface area (Å²) in [5.41, 5.74) is 6.19. The van der Waals surface area contributed by atoms with Crippen LogP contribution in [-0.4, -0.2) is 69.3 Å². The number of hydrogen-bond donors (Lipinski definition) is 7. The second kappa shape index (κ2) is 12.8. The number of benzene rings is 1. The molecule has 0 saturated heterocycles. The van der Waals surface area contributed by atoms with E-state index < -0.39 is 54.0 Å². The van der Waals surface area contributed by atoms with Crippen LogP contribution in [0.2, 0.25) is 0 Å². The third kappa shape index (κ3) is 8.70. The van der Waals surface area contributed by atoms with E-state index in [9.17, 15) is 34.5 Å². The van der Waals surface area contributed by atoms with E-state index in [4.69, 9.17) is 5.73 Å². The minimum Gasteiger partial charge on any atom is -0.508 e. The molecule has 6 atom stereocenters.